The molecule has 0 spiro atoms. The van der Waals surface area contributed by atoms with Crippen LogP contribution in [0.5, 0.6) is 5.75 Å². The predicted molar refractivity (Wildman–Crippen MR) is 121 cm³/mol. The van der Waals surface area contributed by atoms with Crippen molar-refractivity contribution < 1.29 is 14.3 Å². The Labute approximate surface area is 187 Å². The van der Waals surface area contributed by atoms with Crippen molar-refractivity contribution in [3.8, 4) is 5.75 Å². The Morgan fingerprint density at radius 3 is 2.73 bits per heavy atom. The summed E-state index contributed by atoms with van der Waals surface area (Å²) in [5.74, 6) is 0.554. The lowest BCUT2D eigenvalue weighted by atomic mass is 10.1. The van der Waals surface area contributed by atoms with E-state index in [1.165, 1.54) is 5.56 Å². The van der Waals surface area contributed by atoms with Crippen LogP contribution in [0.25, 0.3) is 0 Å². The van der Waals surface area contributed by atoms with Gasteiger partial charge in [-0.3, -0.25) is 0 Å². The number of nitrogens with zero attached hydrogens (tertiary/aromatic N) is 1. The molecule has 1 atom stereocenters. The molecule has 162 valence electrons. The highest BCUT2D eigenvalue weighted by molar-refractivity contribution is 6.31. The number of nitrogens with two attached hydrogens (primary N) is 1. The molecule has 2 aromatic carbocycles. The molecule has 0 saturated carbocycles. The van der Waals surface area contributed by atoms with Gasteiger partial charge in [0.2, 0.25) is 0 Å². The molecule has 3 rings (SSSR count). The minimum atomic E-state index is -0.654. The predicted octanol–water partition coefficient (Wildman–Crippen LogP) is 4.59. The van der Waals surface area contributed by atoms with Gasteiger partial charge in [-0.2, -0.15) is 0 Å². The van der Waals surface area contributed by atoms with Gasteiger partial charge < -0.3 is 25.4 Å². The van der Waals surface area contributed by atoms with Crippen LogP contribution in [-0.4, -0.2) is 49.9 Å². The van der Waals surface area contributed by atoms with E-state index in [9.17, 15) is 4.79 Å². The third-order valence-electron chi connectivity index (χ3n) is 4.89. The van der Waals surface area contributed by atoms with E-state index in [4.69, 9.17) is 38.4 Å². The van der Waals surface area contributed by atoms with Crippen LogP contribution in [0.15, 0.2) is 42.5 Å². The number of carbonyl (C=O) groups excluding carboxylic acids is 1. The largest absolute Gasteiger partial charge is 0.491 e. The Morgan fingerprint density at radius 2 is 1.97 bits per heavy atom. The fourth-order valence-corrected chi connectivity index (χ4v) is 3.81. The number of carbonyl (C=O) groups is 1. The highest BCUT2D eigenvalue weighted by Crippen LogP contribution is 2.28. The fraction of sp³-hybridized carbons (Fsp3) is 0.409. The van der Waals surface area contributed by atoms with Crippen molar-refractivity contribution in [2.45, 2.75) is 25.4 Å². The van der Waals surface area contributed by atoms with Crippen molar-refractivity contribution >= 4 is 34.9 Å². The second-order valence-corrected chi connectivity index (χ2v) is 8.18. The molecule has 2 aromatic rings. The minimum Gasteiger partial charge on any atom is -0.491 e. The maximum absolute atomic E-state index is 11.2. The van der Waals surface area contributed by atoms with Gasteiger partial charge in [0.05, 0.1) is 18.4 Å². The first kappa shape index (κ1) is 22.7. The standard InChI is InChI=1S/C22H27Cl2N3O3/c23-17-5-3-16(4-6-17)13-19-15-27(9-1-11-29-19)10-2-12-30-21-8-7-18(24)14-20(21)26-22(25)28/h3-8,14,19H,1-2,9-13,15H2,(H3,25,26,28). The van der Waals surface area contributed by atoms with Crippen molar-refractivity contribution in [1.29, 1.82) is 0 Å². The SMILES string of the molecule is NC(=O)Nc1cc(Cl)ccc1OCCCN1CCCOC(Cc2ccc(Cl)cc2)C1. The number of nitrogens with one attached hydrogen (secondary N) is 1. The maximum Gasteiger partial charge on any atom is 0.316 e. The summed E-state index contributed by atoms with van der Waals surface area (Å²) in [5.41, 5.74) is 6.91. The van der Waals surface area contributed by atoms with Gasteiger partial charge in [-0.1, -0.05) is 35.3 Å². The molecule has 6 nitrogen and oxygen atoms in total. The van der Waals surface area contributed by atoms with Gasteiger partial charge >= 0.3 is 6.03 Å². The van der Waals surface area contributed by atoms with Crippen LogP contribution >= 0.6 is 23.2 Å². The molecule has 1 heterocycles. The molecular weight excluding hydrogens is 425 g/mol. The first-order valence-electron chi connectivity index (χ1n) is 10.1. The molecule has 0 bridgehead atoms. The van der Waals surface area contributed by atoms with Gasteiger partial charge in [0.1, 0.15) is 5.75 Å². The number of benzene rings is 2. The lowest BCUT2D eigenvalue weighted by molar-refractivity contribution is 0.0542. The van der Waals surface area contributed by atoms with E-state index in [1.807, 2.05) is 12.1 Å². The van der Waals surface area contributed by atoms with E-state index in [0.717, 1.165) is 50.5 Å². The number of primary amides is 1. The normalized spacial score (nSPS) is 17.3. The smallest absolute Gasteiger partial charge is 0.316 e. The summed E-state index contributed by atoms with van der Waals surface area (Å²) >= 11 is 12.0. The average molecular weight is 452 g/mol. The molecule has 30 heavy (non-hydrogen) atoms. The van der Waals surface area contributed by atoms with Crippen LogP contribution in [0, 0.1) is 0 Å². The van der Waals surface area contributed by atoms with Crippen LogP contribution in [0.4, 0.5) is 10.5 Å². The molecule has 8 heteroatoms. The number of hydrogen-bond acceptors (Lipinski definition) is 4. The van der Waals surface area contributed by atoms with E-state index in [-0.39, 0.29) is 6.10 Å². The van der Waals surface area contributed by atoms with Gasteiger partial charge in [-0.25, -0.2) is 4.79 Å². The zero-order valence-electron chi connectivity index (χ0n) is 16.8. The molecule has 1 fully saturated rings. The van der Waals surface area contributed by atoms with E-state index >= 15 is 0 Å². The van der Waals surface area contributed by atoms with Gasteiger partial charge in [0, 0.05) is 36.3 Å². The zero-order chi connectivity index (χ0) is 21.3. The lowest BCUT2D eigenvalue weighted by Crippen LogP contribution is -2.34. The summed E-state index contributed by atoms with van der Waals surface area (Å²) in [6, 6.07) is 12.4. The number of ether oxygens (including phenoxy) is 2. The van der Waals surface area contributed by atoms with Crippen molar-refractivity contribution in [2.24, 2.45) is 5.73 Å². The first-order chi connectivity index (χ1) is 14.5. The molecule has 1 saturated heterocycles. The number of hydrogen-bond donors (Lipinski definition) is 2. The van der Waals surface area contributed by atoms with Crippen molar-refractivity contribution in [3.63, 3.8) is 0 Å². The summed E-state index contributed by atoms with van der Waals surface area (Å²) in [6.07, 6.45) is 2.91. The molecule has 1 aliphatic rings. The highest BCUT2D eigenvalue weighted by Gasteiger charge is 2.19. The second kappa shape index (κ2) is 11.4. The van der Waals surface area contributed by atoms with Gasteiger partial charge in [0.25, 0.3) is 0 Å². The molecular formula is C22H27Cl2N3O3. The summed E-state index contributed by atoms with van der Waals surface area (Å²) < 4.78 is 11.9. The molecule has 3 N–H and O–H groups in total. The second-order valence-electron chi connectivity index (χ2n) is 7.31. The van der Waals surface area contributed by atoms with E-state index < -0.39 is 6.03 Å². The molecule has 0 radical (unpaired) electrons. The summed E-state index contributed by atoms with van der Waals surface area (Å²) in [5, 5.41) is 3.79. The van der Waals surface area contributed by atoms with Gasteiger partial charge in [-0.05, 0) is 55.2 Å². The number of urea groups is 1. The Morgan fingerprint density at radius 1 is 1.20 bits per heavy atom. The van der Waals surface area contributed by atoms with Crippen LogP contribution in [0.3, 0.4) is 0 Å². The summed E-state index contributed by atoms with van der Waals surface area (Å²) in [4.78, 5) is 13.6. The minimum absolute atomic E-state index is 0.164. The maximum atomic E-state index is 11.2. The lowest BCUT2D eigenvalue weighted by Gasteiger charge is -2.24. The van der Waals surface area contributed by atoms with Crippen LogP contribution < -0.4 is 15.8 Å². The Bertz CT molecular complexity index is 833. The number of amides is 2. The number of halogens is 2. The van der Waals surface area contributed by atoms with Gasteiger partial charge in [-0.15, -0.1) is 0 Å². The molecule has 0 aliphatic carbocycles. The molecule has 1 unspecified atom stereocenters. The zero-order valence-corrected chi connectivity index (χ0v) is 18.3. The Kier molecular flexibility index (Phi) is 8.63. The third-order valence-corrected chi connectivity index (χ3v) is 5.37. The van der Waals surface area contributed by atoms with Crippen LogP contribution in [-0.2, 0) is 11.2 Å². The van der Waals surface area contributed by atoms with E-state index in [2.05, 4.69) is 22.3 Å². The van der Waals surface area contributed by atoms with Crippen molar-refractivity contribution in [1.82, 2.24) is 4.90 Å². The molecule has 2 amide bonds. The summed E-state index contributed by atoms with van der Waals surface area (Å²) in [7, 11) is 0. The van der Waals surface area contributed by atoms with E-state index in [1.54, 1.807) is 18.2 Å². The van der Waals surface area contributed by atoms with E-state index in [0.29, 0.717) is 23.1 Å². The van der Waals surface area contributed by atoms with Gasteiger partial charge in [0.15, 0.2) is 0 Å². The highest BCUT2D eigenvalue weighted by atomic mass is 35.5. The van der Waals surface area contributed by atoms with Crippen LogP contribution in [0.2, 0.25) is 10.0 Å². The molecule has 0 aromatic heterocycles. The third kappa shape index (κ3) is 7.36. The van der Waals surface area contributed by atoms with Crippen molar-refractivity contribution in [3.05, 3.63) is 58.1 Å². The Hall–Kier alpha value is -1.99. The average Bonchev–Trinajstić information content (AvgIpc) is 2.93. The summed E-state index contributed by atoms with van der Waals surface area (Å²) in [6.45, 7) is 4.10. The molecule has 1 aliphatic heterocycles. The van der Waals surface area contributed by atoms with Crippen molar-refractivity contribution in [2.75, 3.05) is 38.2 Å². The topological polar surface area (TPSA) is 76.8 Å². The van der Waals surface area contributed by atoms with Crippen LogP contribution in [0.1, 0.15) is 18.4 Å². The Balaban J connectivity index is 1.47. The first-order valence-corrected chi connectivity index (χ1v) is 10.8. The number of anilines is 1. The quantitative estimate of drug-likeness (QED) is 0.575. The fourth-order valence-electron chi connectivity index (χ4n) is 3.51. The number of rotatable bonds is 8. The monoisotopic (exact) mass is 451 g/mol.